The summed E-state index contributed by atoms with van der Waals surface area (Å²) in [5, 5.41) is 8.10. The van der Waals surface area contributed by atoms with Crippen molar-refractivity contribution in [3.05, 3.63) is 103 Å². The molecule has 0 radical (unpaired) electrons. The molecular weight excluding hydrogens is 493 g/mol. The van der Waals surface area contributed by atoms with Crippen molar-refractivity contribution in [2.24, 2.45) is 0 Å². The Bertz CT molecular complexity index is 1610. The molecule has 1 aliphatic rings. The lowest BCUT2D eigenvalue weighted by Gasteiger charge is -2.34. The average molecular weight is 520 g/mol. The lowest BCUT2D eigenvalue weighted by Crippen LogP contribution is -2.49. The van der Waals surface area contributed by atoms with Gasteiger partial charge in [0.1, 0.15) is 11.6 Å². The van der Waals surface area contributed by atoms with Crippen molar-refractivity contribution in [1.82, 2.24) is 25.3 Å². The summed E-state index contributed by atoms with van der Waals surface area (Å²) in [6, 6.07) is 17.8. The van der Waals surface area contributed by atoms with Gasteiger partial charge in [-0.05, 0) is 72.8 Å². The smallest absolute Gasteiger partial charge is 0.262 e. The van der Waals surface area contributed by atoms with Crippen LogP contribution in [0.25, 0.3) is 21.9 Å². The predicted octanol–water partition coefficient (Wildman–Crippen LogP) is 5.37. The third kappa shape index (κ3) is 5.17. The van der Waals surface area contributed by atoms with E-state index in [1.165, 1.54) is 12.1 Å². The fraction of sp³-hybridized carbons (Fsp3) is 0.167. The molecule has 194 valence electrons. The summed E-state index contributed by atoms with van der Waals surface area (Å²) in [5.41, 5.74) is 2.44. The van der Waals surface area contributed by atoms with Crippen LogP contribution in [0.15, 0.2) is 91.6 Å². The highest BCUT2D eigenvalue weighted by atomic mass is 19.1. The molecule has 6 rings (SSSR count). The molecule has 0 saturated carbocycles. The third-order valence-electron chi connectivity index (χ3n) is 6.84. The van der Waals surface area contributed by atoms with Gasteiger partial charge < -0.3 is 10.6 Å². The van der Waals surface area contributed by atoms with Gasteiger partial charge in [-0.2, -0.15) is 0 Å². The molecule has 2 N–H and O–H groups in total. The number of anilines is 3. The minimum Gasteiger partial charge on any atom is -0.324 e. The van der Waals surface area contributed by atoms with Crippen LogP contribution < -0.4 is 15.5 Å². The highest BCUT2D eigenvalue weighted by Crippen LogP contribution is 2.32. The Kier molecular flexibility index (Phi) is 6.88. The van der Waals surface area contributed by atoms with E-state index < -0.39 is 11.7 Å². The van der Waals surface area contributed by atoms with Crippen molar-refractivity contribution in [3.8, 4) is 11.1 Å². The maximum absolute atomic E-state index is 15.4. The number of benzene rings is 2. The first-order valence-corrected chi connectivity index (χ1v) is 12.8. The molecule has 0 aliphatic carbocycles. The summed E-state index contributed by atoms with van der Waals surface area (Å²) in [4.78, 5) is 32.8. The number of nitrogens with one attached hydrogen (secondary N) is 2. The second-order valence-corrected chi connectivity index (χ2v) is 9.38. The van der Waals surface area contributed by atoms with Gasteiger partial charge in [0.2, 0.25) is 5.95 Å². The van der Waals surface area contributed by atoms with E-state index in [1.54, 1.807) is 41.8 Å². The van der Waals surface area contributed by atoms with Crippen molar-refractivity contribution in [2.45, 2.75) is 18.9 Å². The van der Waals surface area contributed by atoms with Gasteiger partial charge in [0.05, 0.1) is 11.6 Å². The number of amides is 1. The van der Waals surface area contributed by atoms with Crippen LogP contribution in [0.4, 0.5) is 21.8 Å². The van der Waals surface area contributed by atoms with E-state index in [0.29, 0.717) is 24.0 Å². The summed E-state index contributed by atoms with van der Waals surface area (Å²) in [6.45, 7) is 1.48. The number of fused-ring (bicyclic) bond motifs is 1. The van der Waals surface area contributed by atoms with Gasteiger partial charge in [-0.25, -0.2) is 19.3 Å². The molecule has 0 spiro atoms. The van der Waals surface area contributed by atoms with Crippen LogP contribution in [0.5, 0.6) is 0 Å². The SMILES string of the molecule is O=C(c1ccc(Nc2ncccn2)cc1F)N(c1nccc2cc(-c3cccnc3)ccc12)[C@@H]1CCCNC1. The van der Waals surface area contributed by atoms with Crippen molar-refractivity contribution in [3.63, 3.8) is 0 Å². The highest BCUT2D eigenvalue weighted by molar-refractivity contribution is 6.10. The number of nitrogens with zero attached hydrogens (tertiary/aromatic N) is 5. The number of carbonyl (C=O) groups is 1. The average Bonchev–Trinajstić information content (AvgIpc) is 2.99. The molecule has 1 fully saturated rings. The summed E-state index contributed by atoms with van der Waals surface area (Å²) >= 11 is 0. The Balaban J connectivity index is 1.38. The molecule has 5 aromatic rings. The fourth-order valence-electron chi connectivity index (χ4n) is 4.94. The van der Waals surface area contributed by atoms with E-state index >= 15 is 4.39 Å². The third-order valence-corrected chi connectivity index (χ3v) is 6.84. The zero-order chi connectivity index (χ0) is 26.6. The number of piperidine rings is 1. The molecular formula is C30H26FN7O. The monoisotopic (exact) mass is 519 g/mol. The minimum absolute atomic E-state index is 0.0223. The predicted molar refractivity (Wildman–Crippen MR) is 149 cm³/mol. The quantitative estimate of drug-likeness (QED) is 0.311. The number of rotatable bonds is 6. The molecule has 9 heteroatoms. The van der Waals surface area contributed by atoms with Crippen molar-refractivity contribution in [2.75, 3.05) is 23.3 Å². The largest absolute Gasteiger partial charge is 0.324 e. The first kappa shape index (κ1) is 24.6. The standard InChI is InChI=1S/C30H26FN7O/c31-27-17-23(37-30-35-13-3-14-36-30)7-9-26(27)29(39)38(24-5-2-12-33-19-24)28-25-8-6-20(16-21(25)10-15-34-28)22-4-1-11-32-18-22/h1,3-4,6-11,13-18,24,33H,2,5,12,19H2,(H,35,36,37)/t24-/m1/s1. The van der Waals surface area contributed by atoms with Crippen LogP contribution in [-0.2, 0) is 0 Å². The maximum Gasteiger partial charge on any atom is 0.262 e. The Hall–Kier alpha value is -4.76. The van der Waals surface area contributed by atoms with E-state index in [2.05, 4.69) is 36.6 Å². The first-order valence-electron chi connectivity index (χ1n) is 12.8. The second-order valence-electron chi connectivity index (χ2n) is 9.38. The van der Waals surface area contributed by atoms with Crippen LogP contribution >= 0.6 is 0 Å². The Morgan fingerprint density at radius 2 is 1.85 bits per heavy atom. The van der Waals surface area contributed by atoms with E-state index in [1.807, 2.05) is 36.5 Å². The van der Waals surface area contributed by atoms with Gasteiger partial charge in [-0.15, -0.1) is 0 Å². The molecule has 0 unspecified atom stereocenters. The normalized spacial score (nSPS) is 15.2. The Labute approximate surface area is 225 Å². The number of aromatic nitrogens is 4. The molecule has 1 amide bonds. The molecule has 0 bridgehead atoms. The second kappa shape index (κ2) is 10.9. The van der Waals surface area contributed by atoms with Crippen LogP contribution in [0, 0.1) is 5.82 Å². The van der Waals surface area contributed by atoms with Gasteiger partial charge >= 0.3 is 0 Å². The lowest BCUT2D eigenvalue weighted by atomic mass is 10.0. The van der Waals surface area contributed by atoms with E-state index in [9.17, 15) is 4.79 Å². The van der Waals surface area contributed by atoms with Gasteiger partial charge in [-0.3, -0.25) is 14.7 Å². The number of pyridine rings is 2. The molecule has 3 aromatic heterocycles. The number of hydrogen-bond acceptors (Lipinski definition) is 7. The van der Waals surface area contributed by atoms with Gasteiger partial charge in [0.25, 0.3) is 5.91 Å². The highest BCUT2D eigenvalue weighted by Gasteiger charge is 2.31. The molecule has 8 nitrogen and oxygen atoms in total. The number of hydrogen-bond donors (Lipinski definition) is 2. The van der Waals surface area contributed by atoms with Crippen LogP contribution in [-0.4, -0.2) is 45.0 Å². The summed E-state index contributed by atoms with van der Waals surface area (Å²) < 4.78 is 15.4. The van der Waals surface area contributed by atoms with Gasteiger partial charge in [-0.1, -0.05) is 18.2 Å². The van der Waals surface area contributed by atoms with Crippen LogP contribution in [0.1, 0.15) is 23.2 Å². The topological polar surface area (TPSA) is 95.9 Å². The molecule has 1 saturated heterocycles. The zero-order valence-electron chi connectivity index (χ0n) is 21.1. The van der Waals surface area contributed by atoms with E-state index in [4.69, 9.17) is 0 Å². The summed E-state index contributed by atoms with van der Waals surface area (Å²) in [7, 11) is 0. The van der Waals surface area contributed by atoms with Crippen molar-refractivity contribution >= 4 is 34.1 Å². The summed E-state index contributed by atoms with van der Waals surface area (Å²) in [5.74, 6) is -0.200. The first-order chi connectivity index (χ1) is 19.2. The lowest BCUT2D eigenvalue weighted by molar-refractivity contribution is 0.0968. The number of halogens is 1. The van der Waals surface area contributed by atoms with E-state index in [0.717, 1.165) is 41.3 Å². The molecule has 39 heavy (non-hydrogen) atoms. The minimum atomic E-state index is -0.631. The molecule has 1 atom stereocenters. The number of carbonyl (C=O) groups excluding carboxylic acids is 1. The molecule has 1 aliphatic heterocycles. The van der Waals surface area contributed by atoms with Crippen LogP contribution in [0.2, 0.25) is 0 Å². The molecule has 4 heterocycles. The zero-order valence-corrected chi connectivity index (χ0v) is 21.1. The summed E-state index contributed by atoms with van der Waals surface area (Å²) in [6.07, 6.45) is 10.1. The van der Waals surface area contributed by atoms with Crippen molar-refractivity contribution in [1.29, 1.82) is 0 Å². The van der Waals surface area contributed by atoms with Gasteiger partial charge in [0, 0.05) is 54.2 Å². The fourth-order valence-corrected chi connectivity index (χ4v) is 4.94. The Morgan fingerprint density at radius 1 is 0.949 bits per heavy atom. The van der Waals surface area contributed by atoms with Crippen LogP contribution in [0.3, 0.4) is 0 Å². The Morgan fingerprint density at radius 3 is 2.62 bits per heavy atom. The van der Waals surface area contributed by atoms with Crippen molar-refractivity contribution < 1.29 is 9.18 Å². The van der Waals surface area contributed by atoms with E-state index in [-0.39, 0.29) is 11.6 Å². The molecule has 2 aromatic carbocycles. The maximum atomic E-state index is 15.4. The van der Waals surface area contributed by atoms with Gasteiger partial charge in [0.15, 0.2) is 0 Å².